The molecule has 2 aromatic carbocycles. The van der Waals surface area contributed by atoms with Crippen molar-refractivity contribution in [2.75, 3.05) is 7.11 Å². The number of nitrogens with one attached hydrogen (secondary N) is 1. The Labute approximate surface area is 159 Å². The van der Waals surface area contributed by atoms with E-state index in [1.807, 2.05) is 53.9 Å². The monoisotopic (exact) mass is 379 g/mol. The zero-order chi connectivity index (χ0) is 18.6. The molecule has 1 N–H and O–H groups in total. The standard InChI is InChI=1S/C20H17N3O3S/c1-25-16-9-8-13(14-5-2-3-6-15(14)16)11-18(24)21-12-19-22-23-20(26-19)17-7-4-10-27-17/h2-10H,11-12H2,1H3,(H,21,24). The molecule has 27 heavy (non-hydrogen) atoms. The van der Waals surface area contributed by atoms with E-state index in [4.69, 9.17) is 9.15 Å². The van der Waals surface area contributed by atoms with Crippen LogP contribution in [0.2, 0.25) is 0 Å². The van der Waals surface area contributed by atoms with Crippen LogP contribution in [-0.2, 0) is 17.8 Å². The van der Waals surface area contributed by atoms with Gasteiger partial charge in [-0.15, -0.1) is 21.5 Å². The smallest absolute Gasteiger partial charge is 0.257 e. The average Bonchev–Trinajstić information content (AvgIpc) is 3.38. The van der Waals surface area contributed by atoms with Crippen LogP contribution in [0.15, 0.2) is 58.3 Å². The fraction of sp³-hybridized carbons (Fsp3) is 0.150. The zero-order valence-corrected chi connectivity index (χ0v) is 15.5. The van der Waals surface area contributed by atoms with Gasteiger partial charge in [0, 0.05) is 5.39 Å². The van der Waals surface area contributed by atoms with Gasteiger partial charge in [-0.1, -0.05) is 36.4 Å². The first-order chi connectivity index (χ1) is 13.2. The Morgan fingerprint density at radius 3 is 2.74 bits per heavy atom. The lowest BCUT2D eigenvalue weighted by Gasteiger charge is -2.10. The van der Waals surface area contributed by atoms with Gasteiger partial charge >= 0.3 is 0 Å². The molecule has 0 radical (unpaired) electrons. The number of carbonyl (C=O) groups excluding carboxylic acids is 1. The highest BCUT2D eigenvalue weighted by Gasteiger charge is 2.12. The molecule has 7 heteroatoms. The number of rotatable bonds is 6. The van der Waals surface area contributed by atoms with Gasteiger partial charge in [-0.05, 0) is 28.5 Å². The molecule has 0 unspecified atom stereocenters. The quantitative estimate of drug-likeness (QED) is 0.551. The van der Waals surface area contributed by atoms with Crippen molar-refractivity contribution in [3.8, 4) is 16.5 Å². The second-order valence-corrected chi connectivity index (χ2v) is 6.85. The van der Waals surface area contributed by atoms with Crippen molar-refractivity contribution in [3.63, 3.8) is 0 Å². The Morgan fingerprint density at radius 2 is 1.96 bits per heavy atom. The third kappa shape index (κ3) is 3.68. The number of amides is 1. The molecule has 2 heterocycles. The molecule has 0 atom stereocenters. The Hall–Kier alpha value is -3.19. The first kappa shape index (κ1) is 17.2. The minimum Gasteiger partial charge on any atom is -0.496 e. The second-order valence-electron chi connectivity index (χ2n) is 5.90. The molecule has 0 bridgehead atoms. The van der Waals surface area contributed by atoms with Gasteiger partial charge in [0.25, 0.3) is 5.89 Å². The molecule has 0 aliphatic heterocycles. The van der Waals surface area contributed by atoms with Crippen LogP contribution in [0.5, 0.6) is 5.75 Å². The molecule has 4 rings (SSSR count). The summed E-state index contributed by atoms with van der Waals surface area (Å²) in [4.78, 5) is 13.3. The van der Waals surface area contributed by atoms with E-state index in [0.29, 0.717) is 11.8 Å². The third-order valence-corrected chi connectivity index (χ3v) is 5.04. The maximum absolute atomic E-state index is 12.4. The van der Waals surface area contributed by atoms with Crippen molar-refractivity contribution in [3.05, 3.63) is 65.4 Å². The average molecular weight is 379 g/mol. The lowest BCUT2D eigenvalue weighted by atomic mass is 10.0. The van der Waals surface area contributed by atoms with Crippen molar-refractivity contribution >= 4 is 28.0 Å². The molecule has 0 aliphatic rings. The van der Waals surface area contributed by atoms with Crippen LogP contribution in [0.25, 0.3) is 21.5 Å². The summed E-state index contributed by atoms with van der Waals surface area (Å²) in [5.41, 5.74) is 0.939. The first-order valence-corrected chi connectivity index (χ1v) is 9.30. The highest BCUT2D eigenvalue weighted by Crippen LogP contribution is 2.28. The van der Waals surface area contributed by atoms with E-state index in [1.54, 1.807) is 7.11 Å². The van der Waals surface area contributed by atoms with Crippen molar-refractivity contribution < 1.29 is 13.9 Å². The van der Waals surface area contributed by atoms with Gasteiger partial charge in [-0.2, -0.15) is 0 Å². The van der Waals surface area contributed by atoms with E-state index >= 15 is 0 Å². The first-order valence-electron chi connectivity index (χ1n) is 8.42. The van der Waals surface area contributed by atoms with E-state index in [1.165, 1.54) is 11.3 Å². The highest BCUT2D eigenvalue weighted by molar-refractivity contribution is 7.13. The molecule has 6 nitrogen and oxygen atoms in total. The van der Waals surface area contributed by atoms with Crippen molar-refractivity contribution in [2.45, 2.75) is 13.0 Å². The number of fused-ring (bicyclic) bond motifs is 1. The van der Waals surface area contributed by atoms with E-state index in [2.05, 4.69) is 15.5 Å². The molecule has 0 saturated heterocycles. The predicted molar refractivity (Wildman–Crippen MR) is 104 cm³/mol. The largest absolute Gasteiger partial charge is 0.496 e. The van der Waals surface area contributed by atoms with Crippen LogP contribution in [0.4, 0.5) is 0 Å². The summed E-state index contributed by atoms with van der Waals surface area (Å²) in [7, 11) is 1.64. The Balaban J connectivity index is 1.44. The molecule has 1 amide bonds. The predicted octanol–water partition coefficient (Wildman–Crippen LogP) is 3.82. The number of hydrogen-bond donors (Lipinski definition) is 1. The van der Waals surface area contributed by atoms with Gasteiger partial charge in [-0.25, -0.2) is 0 Å². The van der Waals surface area contributed by atoms with Crippen molar-refractivity contribution in [1.82, 2.24) is 15.5 Å². The van der Waals surface area contributed by atoms with Gasteiger partial charge in [0.15, 0.2) is 0 Å². The van der Waals surface area contributed by atoms with E-state index in [0.717, 1.165) is 27.0 Å². The summed E-state index contributed by atoms with van der Waals surface area (Å²) in [5.74, 6) is 1.53. The maximum Gasteiger partial charge on any atom is 0.257 e. The van der Waals surface area contributed by atoms with Crippen LogP contribution in [0, 0.1) is 0 Å². The van der Waals surface area contributed by atoms with Gasteiger partial charge in [0.05, 0.1) is 25.0 Å². The summed E-state index contributed by atoms with van der Waals surface area (Å²) in [5, 5.41) is 14.8. The van der Waals surface area contributed by atoms with Gasteiger partial charge in [0.2, 0.25) is 11.8 Å². The lowest BCUT2D eigenvalue weighted by molar-refractivity contribution is -0.120. The van der Waals surface area contributed by atoms with E-state index in [9.17, 15) is 4.79 Å². The third-order valence-electron chi connectivity index (χ3n) is 4.18. The topological polar surface area (TPSA) is 77.2 Å². The van der Waals surface area contributed by atoms with Crippen LogP contribution >= 0.6 is 11.3 Å². The number of benzene rings is 2. The van der Waals surface area contributed by atoms with E-state index in [-0.39, 0.29) is 18.9 Å². The highest BCUT2D eigenvalue weighted by atomic mass is 32.1. The molecule has 4 aromatic rings. The molecule has 0 saturated carbocycles. The Bertz CT molecular complexity index is 1070. The van der Waals surface area contributed by atoms with Crippen LogP contribution in [-0.4, -0.2) is 23.2 Å². The number of thiophene rings is 1. The van der Waals surface area contributed by atoms with Crippen molar-refractivity contribution in [2.24, 2.45) is 0 Å². The van der Waals surface area contributed by atoms with Crippen LogP contribution in [0.3, 0.4) is 0 Å². The number of ether oxygens (including phenoxy) is 1. The Morgan fingerprint density at radius 1 is 1.11 bits per heavy atom. The fourth-order valence-electron chi connectivity index (χ4n) is 2.90. The Kier molecular flexibility index (Phi) is 4.84. The van der Waals surface area contributed by atoms with Gasteiger partial charge in [-0.3, -0.25) is 4.79 Å². The molecule has 0 fully saturated rings. The summed E-state index contributed by atoms with van der Waals surface area (Å²) in [6.07, 6.45) is 0.260. The normalized spacial score (nSPS) is 10.9. The number of carbonyl (C=O) groups is 1. The molecule has 136 valence electrons. The van der Waals surface area contributed by atoms with Crippen LogP contribution < -0.4 is 10.1 Å². The number of methoxy groups -OCH3 is 1. The minimum atomic E-state index is -0.110. The van der Waals surface area contributed by atoms with E-state index < -0.39 is 0 Å². The van der Waals surface area contributed by atoms with Gasteiger partial charge < -0.3 is 14.5 Å². The van der Waals surface area contributed by atoms with Crippen molar-refractivity contribution in [1.29, 1.82) is 0 Å². The zero-order valence-electron chi connectivity index (χ0n) is 14.6. The number of nitrogens with zero attached hydrogens (tertiary/aromatic N) is 2. The second kappa shape index (κ2) is 7.59. The molecule has 0 aliphatic carbocycles. The molecule has 0 spiro atoms. The minimum absolute atomic E-state index is 0.110. The van der Waals surface area contributed by atoms with Gasteiger partial charge in [0.1, 0.15) is 5.75 Å². The summed E-state index contributed by atoms with van der Waals surface area (Å²) >= 11 is 1.53. The molecular formula is C20H17N3O3S. The van der Waals surface area contributed by atoms with Crippen LogP contribution in [0.1, 0.15) is 11.5 Å². The molecule has 2 aromatic heterocycles. The fourth-order valence-corrected chi connectivity index (χ4v) is 3.54. The maximum atomic E-state index is 12.4. The SMILES string of the molecule is COc1ccc(CC(=O)NCc2nnc(-c3cccs3)o2)c2ccccc12. The number of aromatic nitrogens is 2. The lowest BCUT2D eigenvalue weighted by Crippen LogP contribution is -2.24. The summed E-state index contributed by atoms with van der Waals surface area (Å²) < 4.78 is 11.0. The summed E-state index contributed by atoms with van der Waals surface area (Å²) in [6.45, 7) is 0.200. The molecular weight excluding hydrogens is 362 g/mol. The summed E-state index contributed by atoms with van der Waals surface area (Å²) in [6, 6.07) is 15.5. The number of hydrogen-bond acceptors (Lipinski definition) is 6.